The van der Waals surface area contributed by atoms with Crippen molar-refractivity contribution in [3.05, 3.63) is 66.0 Å². The molecule has 2 aromatic carbocycles. The van der Waals surface area contributed by atoms with Gasteiger partial charge in [-0.1, -0.05) is 30.3 Å². The van der Waals surface area contributed by atoms with Crippen LogP contribution in [-0.2, 0) is 11.3 Å². The molecule has 0 aliphatic carbocycles. The van der Waals surface area contributed by atoms with E-state index in [4.69, 9.17) is 0 Å². The van der Waals surface area contributed by atoms with E-state index in [1.54, 1.807) is 18.0 Å². The molecule has 2 aromatic rings. The first-order chi connectivity index (χ1) is 12.5. The van der Waals surface area contributed by atoms with E-state index in [0.717, 1.165) is 31.7 Å². The number of para-hydroxylation sites is 1. The lowest BCUT2D eigenvalue weighted by molar-refractivity contribution is -0.135. The summed E-state index contributed by atoms with van der Waals surface area (Å²) in [5.41, 5.74) is 2.04. The molecule has 138 valence electrons. The maximum atomic E-state index is 13.3. The molecule has 0 aromatic heterocycles. The Balaban J connectivity index is 1.54. The molecule has 0 bridgehead atoms. The molecule has 0 radical (unpaired) electrons. The summed E-state index contributed by atoms with van der Waals surface area (Å²) in [4.78, 5) is 19.0. The molecule has 0 unspecified atom stereocenters. The molecule has 1 amide bonds. The standard InChI is InChI=1S/C21H26FN3O/c1-17(21(26)23(2)16-18-7-6-8-19(22)15-18)24-11-13-25(14-12-24)20-9-4-3-5-10-20/h3-10,15,17H,11-14,16H2,1-2H3/t17-/m0/s1. The highest BCUT2D eigenvalue weighted by Crippen LogP contribution is 2.17. The first kappa shape index (κ1) is 18.4. The number of halogens is 1. The van der Waals surface area contributed by atoms with Gasteiger partial charge in [0.1, 0.15) is 5.82 Å². The van der Waals surface area contributed by atoms with Gasteiger partial charge in [-0.2, -0.15) is 0 Å². The Morgan fingerprint density at radius 3 is 2.42 bits per heavy atom. The number of piperazine rings is 1. The van der Waals surface area contributed by atoms with Crippen LogP contribution in [-0.4, -0.2) is 55.0 Å². The molecule has 0 N–H and O–H groups in total. The Hall–Kier alpha value is -2.40. The fraction of sp³-hybridized carbons (Fsp3) is 0.381. The van der Waals surface area contributed by atoms with Gasteiger partial charge in [0.05, 0.1) is 6.04 Å². The zero-order valence-electron chi connectivity index (χ0n) is 15.4. The van der Waals surface area contributed by atoms with E-state index in [9.17, 15) is 9.18 Å². The van der Waals surface area contributed by atoms with E-state index < -0.39 is 0 Å². The van der Waals surface area contributed by atoms with Gasteiger partial charge in [0.15, 0.2) is 0 Å². The number of hydrogen-bond acceptors (Lipinski definition) is 3. The van der Waals surface area contributed by atoms with Gasteiger partial charge in [-0.3, -0.25) is 9.69 Å². The Morgan fingerprint density at radius 1 is 1.08 bits per heavy atom. The third kappa shape index (κ3) is 4.41. The summed E-state index contributed by atoms with van der Waals surface area (Å²) < 4.78 is 13.3. The smallest absolute Gasteiger partial charge is 0.239 e. The normalized spacial score (nSPS) is 16.3. The summed E-state index contributed by atoms with van der Waals surface area (Å²) in [7, 11) is 1.78. The Morgan fingerprint density at radius 2 is 1.77 bits per heavy atom. The zero-order chi connectivity index (χ0) is 18.5. The van der Waals surface area contributed by atoms with Crippen molar-refractivity contribution in [2.75, 3.05) is 38.1 Å². The SMILES string of the molecule is C[C@@H](C(=O)N(C)Cc1cccc(F)c1)N1CCN(c2ccccc2)CC1. The van der Waals surface area contributed by atoms with Gasteiger partial charge in [-0.25, -0.2) is 4.39 Å². The molecule has 1 fully saturated rings. The molecule has 0 saturated carbocycles. The molecule has 1 atom stereocenters. The molecule has 1 aliphatic rings. The molecule has 1 saturated heterocycles. The van der Waals surface area contributed by atoms with Crippen molar-refractivity contribution >= 4 is 11.6 Å². The van der Waals surface area contributed by atoms with Gasteiger partial charge in [0, 0.05) is 45.5 Å². The van der Waals surface area contributed by atoms with Crippen molar-refractivity contribution in [1.82, 2.24) is 9.80 Å². The van der Waals surface area contributed by atoms with Crippen LogP contribution in [0.4, 0.5) is 10.1 Å². The topological polar surface area (TPSA) is 26.8 Å². The first-order valence-corrected chi connectivity index (χ1v) is 9.08. The van der Waals surface area contributed by atoms with Crippen LogP contribution in [0.2, 0.25) is 0 Å². The van der Waals surface area contributed by atoms with Crippen LogP contribution < -0.4 is 4.90 Å². The molecule has 3 rings (SSSR count). The molecule has 5 heteroatoms. The number of benzene rings is 2. The van der Waals surface area contributed by atoms with E-state index in [0.29, 0.717) is 6.54 Å². The van der Waals surface area contributed by atoms with Crippen molar-refractivity contribution in [3.8, 4) is 0 Å². The summed E-state index contributed by atoms with van der Waals surface area (Å²) in [5, 5.41) is 0. The zero-order valence-corrected chi connectivity index (χ0v) is 15.4. The number of hydrogen-bond donors (Lipinski definition) is 0. The Labute approximate surface area is 154 Å². The van der Waals surface area contributed by atoms with Crippen molar-refractivity contribution in [3.63, 3.8) is 0 Å². The van der Waals surface area contributed by atoms with E-state index in [1.807, 2.05) is 19.1 Å². The fourth-order valence-electron chi connectivity index (χ4n) is 3.47. The minimum Gasteiger partial charge on any atom is -0.369 e. The number of carbonyl (C=O) groups excluding carboxylic acids is 1. The van der Waals surface area contributed by atoms with Crippen LogP contribution in [0.1, 0.15) is 12.5 Å². The lowest BCUT2D eigenvalue weighted by Gasteiger charge is -2.39. The monoisotopic (exact) mass is 355 g/mol. The maximum Gasteiger partial charge on any atom is 0.239 e. The number of nitrogens with zero attached hydrogens (tertiary/aromatic N) is 3. The highest BCUT2D eigenvalue weighted by molar-refractivity contribution is 5.81. The summed E-state index contributed by atoms with van der Waals surface area (Å²) in [5.74, 6) is -0.198. The van der Waals surface area contributed by atoms with Crippen molar-refractivity contribution in [2.45, 2.75) is 19.5 Å². The quantitative estimate of drug-likeness (QED) is 0.825. The Bertz CT molecular complexity index is 729. The van der Waals surface area contributed by atoms with Gasteiger partial charge in [0.25, 0.3) is 0 Å². The van der Waals surface area contributed by atoms with Crippen LogP contribution in [0.3, 0.4) is 0 Å². The molecular formula is C21H26FN3O. The van der Waals surface area contributed by atoms with Gasteiger partial charge in [-0.05, 0) is 36.8 Å². The highest BCUT2D eigenvalue weighted by atomic mass is 19.1. The fourth-order valence-corrected chi connectivity index (χ4v) is 3.47. The maximum absolute atomic E-state index is 13.3. The van der Waals surface area contributed by atoms with Crippen molar-refractivity contribution < 1.29 is 9.18 Å². The Kier molecular flexibility index (Phi) is 5.89. The van der Waals surface area contributed by atoms with Crippen LogP contribution in [0, 0.1) is 5.82 Å². The van der Waals surface area contributed by atoms with E-state index >= 15 is 0 Å². The van der Waals surface area contributed by atoms with E-state index in [1.165, 1.54) is 17.8 Å². The van der Waals surface area contributed by atoms with Crippen LogP contribution in [0.5, 0.6) is 0 Å². The number of anilines is 1. The average molecular weight is 355 g/mol. The third-order valence-corrected chi connectivity index (χ3v) is 5.03. The predicted molar refractivity (Wildman–Crippen MR) is 103 cm³/mol. The second-order valence-electron chi connectivity index (χ2n) is 6.86. The van der Waals surface area contributed by atoms with Gasteiger partial charge >= 0.3 is 0 Å². The molecule has 1 aliphatic heterocycles. The predicted octanol–water partition coefficient (Wildman–Crippen LogP) is 2.99. The highest BCUT2D eigenvalue weighted by Gasteiger charge is 2.27. The first-order valence-electron chi connectivity index (χ1n) is 9.08. The summed E-state index contributed by atoms with van der Waals surface area (Å²) in [6, 6.07) is 16.6. The van der Waals surface area contributed by atoms with Crippen molar-refractivity contribution in [1.29, 1.82) is 0 Å². The summed E-state index contributed by atoms with van der Waals surface area (Å²) >= 11 is 0. The lowest BCUT2D eigenvalue weighted by atomic mass is 10.1. The average Bonchev–Trinajstić information content (AvgIpc) is 2.67. The molecule has 4 nitrogen and oxygen atoms in total. The van der Waals surface area contributed by atoms with Gasteiger partial charge in [-0.15, -0.1) is 0 Å². The van der Waals surface area contributed by atoms with E-state index in [-0.39, 0.29) is 17.8 Å². The number of amides is 1. The largest absolute Gasteiger partial charge is 0.369 e. The van der Waals surface area contributed by atoms with Crippen LogP contribution in [0.25, 0.3) is 0 Å². The minimum atomic E-state index is -0.270. The number of likely N-dealkylation sites (N-methyl/N-ethyl adjacent to an activating group) is 1. The minimum absolute atomic E-state index is 0.0717. The summed E-state index contributed by atoms with van der Waals surface area (Å²) in [6.45, 7) is 5.92. The second-order valence-corrected chi connectivity index (χ2v) is 6.86. The van der Waals surface area contributed by atoms with Gasteiger partial charge < -0.3 is 9.80 Å². The summed E-state index contributed by atoms with van der Waals surface area (Å²) in [6.07, 6.45) is 0. The molecule has 0 spiro atoms. The van der Waals surface area contributed by atoms with Crippen LogP contribution >= 0.6 is 0 Å². The van der Waals surface area contributed by atoms with Crippen molar-refractivity contribution in [2.24, 2.45) is 0 Å². The van der Waals surface area contributed by atoms with E-state index in [2.05, 4.69) is 34.1 Å². The lowest BCUT2D eigenvalue weighted by Crippen LogP contribution is -2.54. The molecular weight excluding hydrogens is 329 g/mol. The number of rotatable bonds is 5. The third-order valence-electron chi connectivity index (χ3n) is 5.03. The number of carbonyl (C=O) groups is 1. The molecule has 1 heterocycles. The second kappa shape index (κ2) is 8.32. The molecule has 26 heavy (non-hydrogen) atoms. The van der Waals surface area contributed by atoms with Gasteiger partial charge in [0.2, 0.25) is 5.91 Å². The van der Waals surface area contributed by atoms with Crippen LogP contribution in [0.15, 0.2) is 54.6 Å².